The molecule has 3 heterocycles. The molecular weight excluding hydrogens is 292 g/mol. The highest BCUT2D eigenvalue weighted by Gasteiger charge is 2.34. The van der Waals surface area contributed by atoms with E-state index in [2.05, 4.69) is 15.1 Å². The van der Waals surface area contributed by atoms with E-state index in [4.69, 9.17) is 16.1 Å². The molecule has 1 aliphatic rings. The van der Waals surface area contributed by atoms with Gasteiger partial charge in [-0.2, -0.15) is 4.98 Å². The molecule has 1 aliphatic heterocycles. The molecule has 0 aliphatic carbocycles. The van der Waals surface area contributed by atoms with Crippen LogP contribution in [0.3, 0.4) is 0 Å². The first-order valence-electron chi connectivity index (χ1n) is 7.04. The maximum Gasteiger partial charge on any atom is 0.270 e. The highest BCUT2D eigenvalue weighted by molar-refractivity contribution is 6.30. The SMILES string of the molecule is CC(C)c1nc(C2CCCN2C(=O)c2cc(Cl)c[nH]2)no1. The monoisotopic (exact) mass is 308 g/mol. The second-order valence-electron chi connectivity index (χ2n) is 5.53. The summed E-state index contributed by atoms with van der Waals surface area (Å²) < 4.78 is 5.25. The Bertz CT molecular complexity index is 649. The van der Waals surface area contributed by atoms with Crippen LogP contribution in [0.5, 0.6) is 0 Å². The second-order valence-corrected chi connectivity index (χ2v) is 5.97. The lowest BCUT2D eigenvalue weighted by atomic mass is 10.2. The van der Waals surface area contributed by atoms with Crippen molar-refractivity contribution in [1.29, 1.82) is 0 Å². The number of likely N-dealkylation sites (tertiary alicyclic amines) is 1. The van der Waals surface area contributed by atoms with E-state index < -0.39 is 0 Å². The quantitative estimate of drug-likeness (QED) is 0.945. The van der Waals surface area contributed by atoms with Gasteiger partial charge in [0, 0.05) is 18.7 Å². The summed E-state index contributed by atoms with van der Waals surface area (Å²) in [6, 6.07) is 1.51. The number of carbonyl (C=O) groups excluding carboxylic acids is 1. The van der Waals surface area contributed by atoms with Crippen LogP contribution < -0.4 is 0 Å². The van der Waals surface area contributed by atoms with Crippen molar-refractivity contribution in [1.82, 2.24) is 20.0 Å². The predicted octanol–water partition coefficient (Wildman–Crippen LogP) is 3.15. The summed E-state index contributed by atoms with van der Waals surface area (Å²) in [6.45, 7) is 4.68. The van der Waals surface area contributed by atoms with Gasteiger partial charge < -0.3 is 14.4 Å². The molecule has 1 saturated heterocycles. The van der Waals surface area contributed by atoms with Crippen molar-refractivity contribution in [3.05, 3.63) is 34.7 Å². The van der Waals surface area contributed by atoms with Crippen molar-refractivity contribution >= 4 is 17.5 Å². The molecule has 1 unspecified atom stereocenters. The number of H-pyrrole nitrogens is 1. The summed E-state index contributed by atoms with van der Waals surface area (Å²) in [7, 11) is 0. The Hall–Kier alpha value is -1.82. The Labute approximate surface area is 127 Å². The lowest BCUT2D eigenvalue weighted by Crippen LogP contribution is -2.31. The van der Waals surface area contributed by atoms with E-state index in [1.54, 1.807) is 17.2 Å². The Morgan fingerprint density at radius 3 is 3.00 bits per heavy atom. The van der Waals surface area contributed by atoms with Crippen molar-refractivity contribution in [2.24, 2.45) is 0 Å². The number of aromatic amines is 1. The molecule has 0 saturated carbocycles. The average molecular weight is 309 g/mol. The highest BCUT2D eigenvalue weighted by atomic mass is 35.5. The van der Waals surface area contributed by atoms with Crippen molar-refractivity contribution in [2.45, 2.75) is 38.6 Å². The molecule has 1 atom stereocenters. The van der Waals surface area contributed by atoms with Crippen LogP contribution in [0.15, 0.2) is 16.8 Å². The maximum atomic E-state index is 12.5. The van der Waals surface area contributed by atoms with Gasteiger partial charge in [0.2, 0.25) is 5.89 Å². The number of hydrogen-bond donors (Lipinski definition) is 1. The smallest absolute Gasteiger partial charge is 0.270 e. The molecule has 7 heteroatoms. The zero-order valence-corrected chi connectivity index (χ0v) is 12.7. The fourth-order valence-corrected chi connectivity index (χ4v) is 2.71. The third-order valence-electron chi connectivity index (χ3n) is 3.64. The van der Waals surface area contributed by atoms with E-state index in [0.717, 1.165) is 12.8 Å². The first-order chi connectivity index (χ1) is 10.1. The molecule has 6 nitrogen and oxygen atoms in total. The minimum Gasteiger partial charge on any atom is -0.356 e. The van der Waals surface area contributed by atoms with Gasteiger partial charge in [-0.25, -0.2) is 0 Å². The number of aromatic nitrogens is 3. The summed E-state index contributed by atoms with van der Waals surface area (Å²) >= 11 is 5.86. The minimum absolute atomic E-state index is 0.0831. The number of carbonyl (C=O) groups is 1. The highest BCUT2D eigenvalue weighted by Crippen LogP contribution is 2.32. The van der Waals surface area contributed by atoms with Crippen LogP contribution in [0.2, 0.25) is 5.02 Å². The van der Waals surface area contributed by atoms with Crippen LogP contribution in [0.1, 0.15) is 60.9 Å². The van der Waals surface area contributed by atoms with Crippen molar-refractivity contribution in [3.8, 4) is 0 Å². The molecule has 0 bridgehead atoms. The van der Waals surface area contributed by atoms with E-state index in [-0.39, 0.29) is 17.9 Å². The van der Waals surface area contributed by atoms with Gasteiger partial charge in [-0.15, -0.1) is 0 Å². The Morgan fingerprint density at radius 1 is 1.57 bits per heavy atom. The van der Waals surface area contributed by atoms with E-state index in [0.29, 0.717) is 29.0 Å². The van der Waals surface area contributed by atoms with Gasteiger partial charge >= 0.3 is 0 Å². The zero-order valence-electron chi connectivity index (χ0n) is 12.0. The first kappa shape index (κ1) is 14.1. The van der Waals surface area contributed by atoms with Crippen LogP contribution in [0.25, 0.3) is 0 Å². The normalized spacial score (nSPS) is 18.7. The summed E-state index contributed by atoms with van der Waals surface area (Å²) in [4.78, 5) is 21.6. The standard InChI is InChI=1S/C14H17ClN4O2/c1-8(2)13-17-12(18-21-13)11-4-3-5-19(11)14(20)10-6-9(15)7-16-10/h6-8,11,16H,3-5H2,1-2H3. The van der Waals surface area contributed by atoms with Crippen LogP contribution in [0.4, 0.5) is 0 Å². The lowest BCUT2D eigenvalue weighted by Gasteiger charge is -2.21. The number of hydrogen-bond acceptors (Lipinski definition) is 4. The van der Waals surface area contributed by atoms with Gasteiger partial charge in [0.05, 0.1) is 11.1 Å². The van der Waals surface area contributed by atoms with E-state index in [1.165, 1.54) is 0 Å². The van der Waals surface area contributed by atoms with Crippen LogP contribution >= 0.6 is 11.6 Å². The van der Waals surface area contributed by atoms with E-state index >= 15 is 0 Å². The molecule has 1 fully saturated rings. The molecule has 1 amide bonds. The molecule has 2 aromatic heterocycles. The van der Waals surface area contributed by atoms with Crippen molar-refractivity contribution in [3.63, 3.8) is 0 Å². The number of nitrogens with zero attached hydrogens (tertiary/aromatic N) is 3. The molecule has 112 valence electrons. The molecule has 2 aromatic rings. The van der Waals surface area contributed by atoms with E-state index in [9.17, 15) is 4.79 Å². The van der Waals surface area contributed by atoms with Gasteiger partial charge in [-0.3, -0.25) is 4.79 Å². The minimum atomic E-state index is -0.129. The van der Waals surface area contributed by atoms with Gasteiger partial charge in [-0.05, 0) is 18.9 Å². The molecular formula is C14H17ClN4O2. The Balaban J connectivity index is 1.83. The number of halogens is 1. The molecule has 21 heavy (non-hydrogen) atoms. The van der Waals surface area contributed by atoms with E-state index in [1.807, 2.05) is 13.8 Å². The number of amides is 1. The zero-order chi connectivity index (χ0) is 15.0. The van der Waals surface area contributed by atoms with Gasteiger partial charge in [0.1, 0.15) is 5.69 Å². The summed E-state index contributed by atoms with van der Waals surface area (Å²) in [6.07, 6.45) is 3.37. The Morgan fingerprint density at radius 2 is 2.38 bits per heavy atom. The van der Waals surface area contributed by atoms with Crippen molar-refractivity contribution < 1.29 is 9.32 Å². The van der Waals surface area contributed by atoms with Crippen molar-refractivity contribution in [2.75, 3.05) is 6.54 Å². The van der Waals surface area contributed by atoms with Gasteiger partial charge in [0.25, 0.3) is 5.91 Å². The average Bonchev–Trinajstić information content (AvgIpc) is 3.17. The molecule has 1 N–H and O–H groups in total. The molecule has 3 rings (SSSR count). The predicted molar refractivity (Wildman–Crippen MR) is 77.2 cm³/mol. The second kappa shape index (κ2) is 5.52. The largest absolute Gasteiger partial charge is 0.356 e. The van der Waals surface area contributed by atoms with Crippen LogP contribution in [0, 0.1) is 0 Å². The van der Waals surface area contributed by atoms with Gasteiger partial charge in [-0.1, -0.05) is 30.6 Å². The first-order valence-corrected chi connectivity index (χ1v) is 7.42. The maximum absolute atomic E-state index is 12.5. The summed E-state index contributed by atoms with van der Waals surface area (Å²) in [5.74, 6) is 1.29. The molecule has 0 aromatic carbocycles. The lowest BCUT2D eigenvalue weighted by molar-refractivity contribution is 0.0723. The number of rotatable bonds is 3. The third kappa shape index (κ3) is 2.68. The number of nitrogens with one attached hydrogen (secondary N) is 1. The fourth-order valence-electron chi connectivity index (χ4n) is 2.54. The van der Waals surface area contributed by atoms with Crippen LogP contribution in [-0.4, -0.2) is 32.5 Å². The molecule has 0 spiro atoms. The van der Waals surface area contributed by atoms with Gasteiger partial charge in [0.15, 0.2) is 5.82 Å². The summed E-state index contributed by atoms with van der Waals surface area (Å²) in [5.41, 5.74) is 0.486. The topological polar surface area (TPSA) is 75.0 Å². The van der Waals surface area contributed by atoms with Crippen LogP contribution in [-0.2, 0) is 0 Å². The third-order valence-corrected chi connectivity index (χ3v) is 3.86. The summed E-state index contributed by atoms with van der Waals surface area (Å²) in [5, 5.41) is 4.56. The Kier molecular flexibility index (Phi) is 3.71. The fraction of sp³-hybridized carbons (Fsp3) is 0.500. The molecule has 0 radical (unpaired) electrons.